The molecule has 0 spiro atoms. The molecule has 1 heterocycles. The Morgan fingerprint density at radius 1 is 1.35 bits per heavy atom. The van der Waals surface area contributed by atoms with Crippen LogP contribution in [0.5, 0.6) is 0 Å². The zero-order chi connectivity index (χ0) is 14.7. The Bertz CT molecular complexity index is 566. The van der Waals surface area contributed by atoms with Gasteiger partial charge in [0, 0.05) is 9.27 Å². The summed E-state index contributed by atoms with van der Waals surface area (Å²) in [5.74, 6) is -0.416. The molecular weight excluding hydrogens is 371 g/mol. The van der Waals surface area contributed by atoms with E-state index in [-0.39, 0.29) is 6.03 Å². The lowest BCUT2D eigenvalue weighted by Gasteiger charge is -2.28. The molecule has 0 saturated carbocycles. The van der Waals surface area contributed by atoms with E-state index in [2.05, 4.69) is 33.2 Å². The minimum Gasteiger partial charge on any atom is -0.463 e. The lowest BCUT2D eigenvalue weighted by Crippen LogP contribution is -2.45. The molecule has 0 fully saturated rings. The standard InChI is InChI=1S/C14H15IN2O3/c1-3-20-13(18)11-8(2)16-14(19)17-12(11)9-4-6-10(15)7-5-9/h4-7,12H,3H2,1-2H3,(H2,16,17,19). The zero-order valence-corrected chi connectivity index (χ0v) is 13.4. The van der Waals surface area contributed by atoms with E-state index >= 15 is 0 Å². The van der Waals surface area contributed by atoms with E-state index in [1.807, 2.05) is 24.3 Å². The van der Waals surface area contributed by atoms with E-state index in [0.29, 0.717) is 17.9 Å². The fourth-order valence-electron chi connectivity index (χ4n) is 2.08. The van der Waals surface area contributed by atoms with Crippen LogP contribution in [0.2, 0.25) is 0 Å². The lowest BCUT2D eigenvalue weighted by atomic mass is 9.96. The first kappa shape index (κ1) is 14.8. The summed E-state index contributed by atoms with van der Waals surface area (Å²) in [5, 5.41) is 5.37. The number of urea groups is 1. The molecule has 5 nitrogen and oxygen atoms in total. The van der Waals surface area contributed by atoms with Gasteiger partial charge in [-0.05, 0) is 54.1 Å². The van der Waals surface area contributed by atoms with Gasteiger partial charge in [-0.2, -0.15) is 0 Å². The molecule has 0 aliphatic carbocycles. The predicted molar refractivity (Wildman–Crippen MR) is 82.9 cm³/mol. The molecule has 0 saturated heterocycles. The summed E-state index contributed by atoms with van der Waals surface area (Å²) in [7, 11) is 0. The van der Waals surface area contributed by atoms with Gasteiger partial charge in [-0.3, -0.25) is 0 Å². The highest BCUT2D eigenvalue weighted by Gasteiger charge is 2.31. The molecule has 1 unspecified atom stereocenters. The molecule has 2 N–H and O–H groups in total. The molecule has 1 aliphatic heterocycles. The third kappa shape index (κ3) is 3.12. The fraction of sp³-hybridized carbons (Fsp3) is 0.286. The van der Waals surface area contributed by atoms with Gasteiger partial charge in [0.05, 0.1) is 18.2 Å². The smallest absolute Gasteiger partial charge is 0.338 e. The van der Waals surface area contributed by atoms with Crippen molar-refractivity contribution in [3.05, 3.63) is 44.7 Å². The average Bonchev–Trinajstić information content (AvgIpc) is 2.38. The first-order valence-corrected chi connectivity index (χ1v) is 7.31. The number of halogens is 1. The van der Waals surface area contributed by atoms with Crippen LogP contribution in [-0.4, -0.2) is 18.6 Å². The largest absolute Gasteiger partial charge is 0.463 e. The minimum atomic E-state index is -0.486. The van der Waals surface area contributed by atoms with Crippen molar-refractivity contribution in [2.45, 2.75) is 19.9 Å². The SMILES string of the molecule is CCOC(=O)C1=C(C)NC(=O)NC1c1ccc(I)cc1. The van der Waals surface area contributed by atoms with Crippen molar-refractivity contribution in [3.63, 3.8) is 0 Å². The lowest BCUT2D eigenvalue weighted by molar-refractivity contribution is -0.139. The van der Waals surface area contributed by atoms with Crippen molar-refractivity contribution in [2.24, 2.45) is 0 Å². The molecule has 1 aromatic carbocycles. The van der Waals surface area contributed by atoms with Crippen molar-refractivity contribution in [3.8, 4) is 0 Å². The second kappa shape index (κ2) is 6.25. The molecule has 106 valence electrons. The topological polar surface area (TPSA) is 67.4 Å². The molecule has 2 amide bonds. The number of allylic oxidation sites excluding steroid dienone is 1. The van der Waals surface area contributed by atoms with E-state index in [9.17, 15) is 9.59 Å². The second-order valence-electron chi connectivity index (χ2n) is 4.34. The molecule has 6 heteroatoms. The molecule has 0 bridgehead atoms. The van der Waals surface area contributed by atoms with Crippen LogP contribution < -0.4 is 10.6 Å². The number of esters is 1. The Labute approximate surface area is 130 Å². The van der Waals surface area contributed by atoms with Crippen molar-refractivity contribution < 1.29 is 14.3 Å². The highest BCUT2D eigenvalue weighted by atomic mass is 127. The van der Waals surface area contributed by atoms with Crippen molar-refractivity contribution in [2.75, 3.05) is 6.61 Å². The number of rotatable bonds is 3. The number of carbonyl (C=O) groups is 2. The number of carbonyl (C=O) groups excluding carboxylic acids is 2. The summed E-state index contributed by atoms with van der Waals surface area (Å²) < 4.78 is 6.16. The molecule has 1 aliphatic rings. The quantitative estimate of drug-likeness (QED) is 0.620. The van der Waals surface area contributed by atoms with Gasteiger partial charge in [-0.1, -0.05) is 12.1 Å². The van der Waals surface area contributed by atoms with Gasteiger partial charge >= 0.3 is 12.0 Å². The average molecular weight is 386 g/mol. The van der Waals surface area contributed by atoms with Crippen LogP contribution in [0.3, 0.4) is 0 Å². The van der Waals surface area contributed by atoms with E-state index in [1.54, 1.807) is 13.8 Å². The van der Waals surface area contributed by atoms with E-state index in [4.69, 9.17) is 4.74 Å². The van der Waals surface area contributed by atoms with Gasteiger partial charge in [0.15, 0.2) is 0 Å². The number of hydrogen-bond acceptors (Lipinski definition) is 3. The summed E-state index contributed by atoms with van der Waals surface area (Å²) in [6, 6.07) is 6.85. The fourth-order valence-corrected chi connectivity index (χ4v) is 2.44. The van der Waals surface area contributed by atoms with Gasteiger partial charge in [0.2, 0.25) is 0 Å². The van der Waals surface area contributed by atoms with Crippen LogP contribution in [0, 0.1) is 3.57 Å². The Morgan fingerprint density at radius 2 is 2.00 bits per heavy atom. The van der Waals surface area contributed by atoms with Crippen molar-refractivity contribution in [1.82, 2.24) is 10.6 Å². The van der Waals surface area contributed by atoms with E-state index in [0.717, 1.165) is 9.13 Å². The van der Waals surface area contributed by atoms with Gasteiger partial charge in [0.25, 0.3) is 0 Å². The Balaban J connectivity index is 2.41. The number of amides is 2. The predicted octanol–water partition coefficient (Wildman–Crippen LogP) is 2.48. The van der Waals surface area contributed by atoms with Crippen LogP contribution >= 0.6 is 22.6 Å². The summed E-state index contributed by atoms with van der Waals surface area (Å²) in [5.41, 5.74) is 1.81. The van der Waals surface area contributed by atoms with Crippen molar-refractivity contribution >= 4 is 34.6 Å². The van der Waals surface area contributed by atoms with Gasteiger partial charge < -0.3 is 15.4 Å². The van der Waals surface area contributed by atoms with Crippen LogP contribution in [0.4, 0.5) is 4.79 Å². The number of hydrogen-bond donors (Lipinski definition) is 2. The monoisotopic (exact) mass is 386 g/mol. The maximum atomic E-state index is 12.1. The van der Waals surface area contributed by atoms with E-state index < -0.39 is 12.0 Å². The van der Waals surface area contributed by atoms with Gasteiger partial charge in [0.1, 0.15) is 0 Å². The van der Waals surface area contributed by atoms with Gasteiger partial charge in [-0.25, -0.2) is 9.59 Å². The number of nitrogens with one attached hydrogen (secondary N) is 2. The summed E-state index contributed by atoms with van der Waals surface area (Å²) in [4.78, 5) is 23.7. The summed E-state index contributed by atoms with van der Waals surface area (Å²) in [6.07, 6.45) is 0. The highest BCUT2D eigenvalue weighted by Crippen LogP contribution is 2.27. The Kier molecular flexibility index (Phi) is 4.64. The second-order valence-corrected chi connectivity index (χ2v) is 5.59. The molecule has 1 aromatic rings. The molecular formula is C14H15IN2O3. The van der Waals surface area contributed by atoms with Crippen LogP contribution in [-0.2, 0) is 9.53 Å². The van der Waals surface area contributed by atoms with Crippen LogP contribution in [0.15, 0.2) is 35.5 Å². The summed E-state index contributed by atoms with van der Waals surface area (Å²) in [6.45, 7) is 3.75. The molecule has 0 radical (unpaired) electrons. The van der Waals surface area contributed by atoms with Crippen LogP contribution in [0.1, 0.15) is 25.5 Å². The molecule has 1 atom stereocenters. The minimum absolute atomic E-state index is 0.295. The molecule has 0 aromatic heterocycles. The van der Waals surface area contributed by atoms with E-state index in [1.165, 1.54) is 0 Å². The molecule has 2 rings (SSSR count). The highest BCUT2D eigenvalue weighted by molar-refractivity contribution is 14.1. The normalized spacial score (nSPS) is 18.4. The zero-order valence-electron chi connectivity index (χ0n) is 11.2. The number of ether oxygens (including phenoxy) is 1. The third-order valence-electron chi connectivity index (χ3n) is 2.97. The first-order valence-electron chi connectivity index (χ1n) is 6.23. The molecule has 20 heavy (non-hydrogen) atoms. The Morgan fingerprint density at radius 3 is 2.60 bits per heavy atom. The Hall–Kier alpha value is -1.57. The third-order valence-corrected chi connectivity index (χ3v) is 3.69. The maximum Gasteiger partial charge on any atom is 0.338 e. The maximum absolute atomic E-state index is 12.1. The first-order chi connectivity index (χ1) is 9.52. The number of benzene rings is 1. The van der Waals surface area contributed by atoms with Gasteiger partial charge in [-0.15, -0.1) is 0 Å². The van der Waals surface area contributed by atoms with Crippen LogP contribution in [0.25, 0.3) is 0 Å². The summed E-state index contributed by atoms with van der Waals surface area (Å²) >= 11 is 2.20. The van der Waals surface area contributed by atoms with Crippen molar-refractivity contribution in [1.29, 1.82) is 0 Å².